The molecule has 0 unspecified atom stereocenters. The number of hydrogen-bond donors (Lipinski definition) is 2. The number of benzene rings is 2. The molecule has 2 heterocycles. The highest BCUT2D eigenvalue weighted by molar-refractivity contribution is 5.82. The molecule has 2 N–H and O–H groups in total. The summed E-state index contributed by atoms with van der Waals surface area (Å²) in [4.78, 5) is 14.4. The molecule has 0 saturated carbocycles. The van der Waals surface area contributed by atoms with Gasteiger partial charge in [-0.1, -0.05) is 36.4 Å². The molecule has 1 aliphatic rings. The highest BCUT2D eigenvalue weighted by Gasteiger charge is 2.44. The number of aryl methyl sites for hydroxylation is 1. The van der Waals surface area contributed by atoms with Crippen molar-refractivity contribution in [1.29, 1.82) is 0 Å². The number of rotatable bonds is 4. The van der Waals surface area contributed by atoms with Crippen LogP contribution in [-0.4, -0.2) is 39.5 Å². The van der Waals surface area contributed by atoms with Gasteiger partial charge in [-0.25, -0.2) is 0 Å². The summed E-state index contributed by atoms with van der Waals surface area (Å²) in [5.41, 5.74) is 3.13. The van der Waals surface area contributed by atoms with E-state index in [2.05, 4.69) is 15.1 Å². The van der Waals surface area contributed by atoms with E-state index in [9.17, 15) is 15.0 Å². The van der Waals surface area contributed by atoms with E-state index in [1.54, 1.807) is 24.4 Å². The van der Waals surface area contributed by atoms with E-state index in [-0.39, 0.29) is 5.75 Å². The largest absolute Gasteiger partial charge is 0.507 e. The van der Waals surface area contributed by atoms with Crippen LogP contribution in [0, 0.1) is 6.92 Å². The third-order valence-electron chi connectivity index (χ3n) is 5.87. The predicted octanol–water partition coefficient (Wildman–Crippen LogP) is 3.78. The fourth-order valence-corrected chi connectivity index (χ4v) is 4.21. The number of hydrogen-bond acceptors (Lipinski definition) is 5. The van der Waals surface area contributed by atoms with Crippen LogP contribution in [0.1, 0.15) is 24.0 Å². The van der Waals surface area contributed by atoms with Crippen LogP contribution in [0.2, 0.25) is 0 Å². The Labute approximate surface area is 169 Å². The molecule has 2 aromatic carbocycles. The van der Waals surface area contributed by atoms with Crippen LogP contribution in [-0.2, 0) is 10.2 Å². The number of carboxylic acids is 1. The van der Waals surface area contributed by atoms with Crippen LogP contribution in [0.15, 0.2) is 60.8 Å². The van der Waals surface area contributed by atoms with Crippen molar-refractivity contribution in [2.75, 3.05) is 18.0 Å². The normalized spacial score (nSPS) is 15.8. The lowest BCUT2D eigenvalue weighted by Crippen LogP contribution is -2.47. The van der Waals surface area contributed by atoms with Gasteiger partial charge in [0.15, 0.2) is 0 Å². The van der Waals surface area contributed by atoms with Crippen LogP contribution >= 0.6 is 0 Å². The first-order valence-corrected chi connectivity index (χ1v) is 9.67. The van der Waals surface area contributed by atoms with Gasteiger partial charge >= 0.3 is 5.97 Å². The number of anilines is 1. The smallest absolute Gasteiger partial charge is 0.314 e. The zero-order valence-electron chi connectivity index (χ0n) is 16.2. The number of phenolic OH excluding ortho intramolecular Hbond substituents is 1. The van der Waals surface area contributed by atoms with Gasteiger partial charge in [0.2, 0.25) is 0 Å². The van der Waals surface area contributed by atoms with Crippen LogP contribution in [0.3, 0.4) is 0 Å². The van der Waals surface area contributed by atoms with Crippen molar-refractivity contribution in [3.05, 3.63) is 71.9 Å². The van der Waals surface area contributed by atoms with Crippen molar-refractivity contribution in [3.8, 4) is 17.0 Å². The zero-order chi connectivity index (χ0) is 20.4. The molecule has 0 aliphatic carbocycles. The zero-order valence-corrected chi connectivity index (χ0v) is 16.2. The van der Waals surface area contributed by atoms with E-state index < -0.39 is 11.4 Å². The predicted molar refractivity (Wildman–Crippen MR) is 111 cm³/mol. The molecule has 0 amide bonds. The van der Waals surface area contributed by atoms with Gasteiger partial charge in [-0.15, -0.1) is 0 Å². The number of carbonyl (C=O) groups is 1. The maximum atomic E-state index is 12.3. The van der Waals surface area contributed by atoms with Gasteiger partial charge in [0.25, 0.3) is 0 Å². The maximum Gasteiger partial charge on any atom is 0.314 e. The fourth-order valence-electron chi connectivity index (χ4n) is 4.21. The van der Waals surface area contributed by atoms with E-state index >= 15 is 0 Å². The average molecular weight is 389 g/mol. The fraction of sp³-hybridized carbons (Fsp3) is 0.261. The van der Waals surface area contributed by atoms with Crippen molar-refractivity contribution >= 4 is 11.7 Å². The highest BCUT2D eigenvalue weighted by Crippen LogP contribution is 2.39. The SMILES string of the molecule is Cc1ccccc1C1(C(=O)O)CCN(c2cnnc(-c3ccccc3O)c2)CC1. The van der Waals surface area contributed by atoms with E-state index in [0.717, 1.165) is 16.8 Å². The summed E-state index contributed by atoms with van der Waals surface area (Å²) in [6, 6.07) is 16.7. The molecule has 6 nitrogen and oxygen atoms in total. The van der Waals surface area contributed by atoms with Crippen molar-refractivity contribution in [2.45, 2.75) is 25.2 Å². The van der Waals surface area contributed by atoms with Gasteiger partial charge in [-0.05, 0) is 49.1 Å². The molecule has 148 valence electrons. The summed E-state index contributed by atoms with van der Waals surface area (Å²) in [6.45, 7) is 3.18. The van der Waals surface area contributed by atoms with E-state index in [1.165, 1.54) is 0 Å². The Morgan fingerprint density at radius 1 is 1.07 bits per heavy atom. The standard InChI is InChI=1S/C23H23N3O3/c1-16-6-2-4-8-19(16)23(22(28)29)10-12-26(13-11-23)17-14-20(25-24-15-17)18-7-3-5-9-21(18)27/h2-9,14-15,27H,10-13H2,1H3,(H,28,29). The van der Waals surface area contributed by atoms with Gasteiger partial charge in [0.05, 0.1) is 23.0 Å². The first-order valence-electron chi connectivity index (χ1n) is 9.67. The molecule has 6 heteroatoms. The molecule has 0 bridgehead atoms. The molecule has 1 aliphatic heterocycles. The number of aliphatic carboxylic acids is 1. The second kappa shape index (κ2) is 7.54. The number of nitrogens with zero attached hydrogens (tertiary/aromatic N) is 3. The summed E-state index contributed by atoms with van der Waals surface area (Å²) in [5, 5.41) is 28.4. The van der Waals surface area contributed by atoms with Gasteiger partial charge in [-0.2, -0.15) is 10.2 Å². The molecule has 1 fully saturated rings. The van der Waals surface area contributed by atoms with E-state index in [0.29, 0.717) is 37.2 Å². The van der Waals surface area contributed by atoms with E-state index in [1.807, 2.05) is 43.3 Å². The van der Waals surface area contributed by atoms with Gasteiger partial charge < -0.3 is 15.1 Å². The van der Waals surface area contributed by atoms with Crippen LogP contribution < -0.4 is 4.90 Å². The molecule has 3 aromatic rings. The number of aromatic nitrogens is 2. The lowest BCUT2D eigenvalue weighted by atomic mass is 9.71. The van der Waals surface area contributed by atoms with Crippen molar-refractivity contribution < 1.29 is 15.0 Å². The topological polar surface area (TPSA) is 86.5 Å². The van der Waals surface area contributed by atoms with Crippen molar-refractivity contribution in [3.63, 3.8) is 0 Å². The molecular weight excluding hydrogens is 366 g/mol. The summed E-state index contributed by atoms with van der Waals surface area (Å²) in [6.07, 6.45) is 2.72. The van der Waals surface area contributed by atoms with Crippen LogP contribution in [0.5, 0.6) is 5.75 Å². The quantitative estimate of drug-likeness (QED) is 0.706. The summed E-state index contributed by atoms with van der Waals surface area (Å²) < 4.78 is 0. The monoisotopic (exact) mass is 389 g/mol. The Kier molecular flexibility index (Phi) is 4.92. The number of piperidine rings is 1. The minimum Gasteiger partial charge on any atom is -0.507 e. The molecule has 0 spiro atoms. The number of aromatic hydroxyl groups is 1. The first-order chi connectivity index (χ1) is 14.0. The lowest BCUT2D eigenvalue weighted by Gasteiger charge is -2.40. The third kappa shape index (κ3) is 3.42. The number of phenols is 1. The highest BCUT2D eigenvalue weighted by atomic mass is 16.4. The second-order valence-corrected chi connectivity index (χ2v) is 7.51. The third-order valence-corrected chi connectivity index (χ3v) is 5.87. The summed E-state index contributed by atoms with van der Waals surface area (Å²) >= 11 is 0. The molecule has 1 aromatic heterocycles. The molecule has 1 saturated heterocycles. The van der Waals surface area contributed by atoms with E-state index in [4.69, 9.17) is 0 Å². The lowest BCUT2D eigenvalue weighted by molar-refractivity contribution is -0.144. The number of para-hydroxylation sites is 1. The molecule has 4 rings (SSSR count). The average Bonchev–Trinajstić information content (AvgIpc) is 2.74. The summed E-state index contributed by atoms with van der Waals surface area (Å²) in [5.74, 6) is -0.615. The Bertz CT molecular complexity index is 1040. The van der Waals surface area contributed by atoms with Gasteiger partial charge in [0, 0.05) is 18.7 Å². The van der Waals surface area contributed by atoms with Crippen molar-refractivity contribution in [2.24, 2.45) is 0 Å². The minimum absolute atomic E-state index is 0.155. The molecular formula is C23H23N3O3. The maximum absolute atomic E-state index is 12.3. The Balaban J connectivity index is 1.60. The molecule has 0 radical (unpaired) electrons. The Morgan fingerprint density at radius 3 is 2.45 bits per heavy atom. The molecule has 0 atom stereocenters. The first kappa shape index (κ1) is 18.9. The number of carboxylic acid groups (broad SMARTS) is 1. The van der Waals surface area contributed by atoms with Crippen molar-refractivity contribution in [1.82, 2.24) is 10.2 Å². The minimum atomic E-state index is -0.872. The molecule has 29 heavy (non-hydrogen) atoms. The Morgan fingerprint density at radius 2 is 1.76 bits per heavy atom. The van der Waals surface area contributed by atoms with Crippen LogP contribution in [0.25, 0.3) is 11.3 Å². The van der Waals surface area contributed by atoms with Gasteiger partial charge in [-0.3, -0.25) is 4.79 Å². The van der Waals surface area contributed by atoms with Gasteiger partial charge in [0.1, 0.15) is 5.75 Å². The van der Waals surface area contributed by atoms with Crippen LogP contribution in [0.4, 0.5) is 5.69 Å². The summed E-state index contributed by atoms with van der Waals surface area (Å²) in [7, 11) is 0. The second-order valence-electron chi connectivity index (χ2n) is 7.51. The Hall–Kier alpha value is -3.41.